The fourth-order valence-corrected chi connectivity index (χ4v) is 1.99. The third kappa shape index (κ3) is 2.34. The summed E-state index contributed by atoms with van der Waals surface area (Å²) in [7, 11) is 1.34. The number of hydrogen-bond donors (Lipinski definition) is 0. The summed E-state index contributed by atoms with van der Waals surface area (Å²) in [6.45, 7) is 1.20. The first kappa shape index (κ1) is 12.5. The zero-order valence-electron chi connectivity index (χ0n) is 10.1. The summed E-state index contributed by atoms with van der Waals surface area (Å²) in [5, 5.41) is 0. The summed E-state index contributed by atoms with van der Waals surface area (Å²) in [4.78, 5) is 25.2. The number of hydrogen-bond acceptors (Lipinski definition) is 3. The van der Waals surface area contributed by atoms with E-state index in [1.54, 1.807) is 0 Å². The Morgan fingerprint density at radius 2 is 1.94 bits per heavy atom. The maximum absolute atomic E-state index is 13.4. The van der Waals surface area contributed by atoms with E-state index in [0.29, 0.717) is 13.1 Å². The zero-order chi connectivity index (χ0) is 13.1. The van der Waals surface area contributed by atoms with Crippen LogP contribution in [0, 0.1) is 5.82 Å². The number of benzene rings is 1. The number of ether oxygens (including phenoxy) is 1. The van der Waals surface area contributed by atoms with Crippen LogP contribution in [0.25, 0.3) is 0 Å². The van der Waals surface area contributed by atoms with E-state index < -0.39 is 17.5 Å². The molecule has 2 rings (SSSR count). The van der Waals surface area contributed by atoms with E-state index in [4.69, 9.17) is 4.74 Å². The first-order valence-corrected chi connectivity index (χ1v) is 5.80. The number of ketones is 1. The maximum Gasteiger partial charge on any atom is 0.294 e. The molecular weight excluding hydrogens is 237 g/mol. The molecule has 18 heavy (non-hydrogen) atoms. The maximum atomic E-state index is 13.4. The van der Waals surface area contributed by atoms with Crippen LogP contribution in [0.15, 0.2) is 18.2 Å². The first-order valence-electron chi connectivity index (χ1n) is 5.80. The van der Waals surface area contributed by atoms with Gasteiger partial charge in [-0.15, -0.1) is 0 Å². The predicted octanol–water partition coefficient (Wildman–Crippen LogP) is 1.64. The summed E-state index contributed by atoms with van der Waals surface area (Å²) in [5.74, 6) is -1.81. The predicted molar refractivity (Wildman–Crippen MR) is 63.1 cm³/mol. The largest absolute Gasteiger partial charge is 0.494 e. The van der Waals surface area contributed by atoms with Crippen molar-refractivity contribution in [2.45, 2.75) is 12.8 Å². The van der Waals surface area contributed by atoms with Crippen LogP contribution >= 0.6 is 0 Å². The Balaban J connectivity index is 2.17. The number of likely N-dealkylation sites (tertiary alicyclic amines) is 1. The molecule has 1 aromatic carbocycles. The summed E-state index contributed by atoms with van der Waals surface area (Å²) in [6, 6.07) is 3.78. The van der Waals surface area contributed by atoms with E-state index >= 15 is 0 Å². The van der Waals surface area contributed by atoms with E-state index in [9.17, 15) is 14.0 Å². The van der Waals surface area contributed by atoms with Gasteiger partial charge in [0, 0.05) is 18.7 Å². The topological polar surface area (TPSA) is 46.6 Å². The standard InChI is InChI=1S/C13H14FNO3/c1-18-11-5-4-9(8-10(11)14)12(16)13(17)15-6-2-3-7-15/h4-5,8H,2-3,6-7H2,1H3. The SMILES string of the molecule is COc1ccc(C(=O)C(=O)N2CCCC2)cc1F. The van der Waals surface area contributed by atoms with Crippen molar-refractivity contribution in [3.05, 3.63) is 29.6 Å². The van der Waals surface area contributed by atoms with E-state index in [1.807, 2.05) is 0 Å². The van der Waals surface area contributed by atoms with Gasteiger partial charge in [0.25, 0.3) is 5.91 Å². The lowest BCUT2D eigenvalue weighted by Gasteiger charge is -2.14. The van der Waals surface area contributed by atoms with Crippen molar-refractivity contribution < 1.29 is 18.7 Å². The lowest BCUT2D eigenvalue weighted by Crippen LogP contribution is -2.34. The van der Waals surface area contributed by atoms with Crippen LogP contribution in [-0.4, -0.2) is 36.8 Å². The van der Waals surface area contributed by atoms with Crippen LogP contribution in [0.3, 0.4) is 0 Å². The molecule has 1 saturated heterocycles. The number of methoxy groups -OCH3 is 1. The van der Waals surface area contributed by atoms with Crippen LogP contribution in [-0.2, 0) is 4.79 Å². The van der Waals surface area contributed by atoms with Crippen molar-refractivity contribution in [2.24, 2.45) is 0 Å². The fourth-order valence-electron chi connectivity index (χ4n) is 1.99. The summed E-state index contributed by atoms with van der Waals surface area (Å²) < 4.78 is 18.2. The van der Waals surface area contributed by atoms with Gasteiger partial charge in [0.15, 0.2) is 11.6 Å². The van der Waals surface area contributed by atoms with Crippen LogP contribution in [0.2, 0.25) is 0 Å². The van der Waals surface area contributed by atoms with E-state index in [1.165, 1.54) is 24.1 Å². The van der Waals surface area contributed by atoms with Crippen molar-refractivity contribution in [2.75, 3.05) is 20.2 Å². The van der Waals surface area contributed by atoms with Gasteiger partial charge in [-0.25, -0.2) is 4.39 Å². The molecule has 1 amide bonds. The number of carbonyl (C=O) groups is 2. The van der Waals surface area contributed by atoms with Gasteiger partial charge in [0.05, 0.1) is 7.11 Å². The lowest BCUT2D eigenvalue weighted by molar-refractivity contribution is -0.125. The van der Waals surface area contributed by atoms with Crippen LogP contribution in [0.4, 0.5) is 4.39 Å². The summed E-state index contributed by atoms with van der Waals surface area (Å²) >= 11 is 0. The molecule has 0 aromatic heterocycles. The minimum atomic E-state index is -0.668. The number of amides is 1. The number of carbonyl (C=O) groups excluding carboxylic acids is 2. The van der Waals surface area contributed by atoms with E-state index in [2.05, 4.69) is 0 Å². The number of halogens is 1. The molecule has 0 unspecified atom stereocenters. The normalized spacial score (nSPS) is 14.7. The average Bonchev–Trinajstić information content (AvgIpc) is 2.90. The molecule has 0 radical (unpaired) electrons. The molecule has 0 spiro atoms. The third-order valence-electron chi connectivity index (χ3n) is 3.00. The van der Waals surface area contributed by atoms with Gasteiger partial charge in [-0.05, 0) is 31.0 Å². The second-order valence-corrected chi connectivity index (χ2v) is 4.18. The van der Waals surface area contributed by atoms with Crippen molar-refractivity contribution in [1.82, 2.24) is 4.90 Å². The van der Waals surface area contributed by atoms with Gasteiger partial charge in [-0.3, -0.25) is 9.59 Å². The van der Waals surface area contributed by atoms with Gasteiger partial charge >= 0.3 is 0 Å². The fraction of sp³-hybridized carbons (Fsp3) is 0.385. The molecule has 96 valence electrons. The minimum Gasteiger partial charge on any atom is -0.494 e. The summed E-state index contributed by atoms with van der Waals surface area (Å²) in [6.07, 6.45) is 1.83. The van der Waals surface area contributed by atoms with Gasteiger partial charge < -0.3 is 9.64 Å². The van der Waals surface area contributed by atoms with Gasteiger partial charge in [-0.1, -0.05) is 0 Å². The highest BCUT2D eigenvalue weighted by molar-refractivity contribution is 6.42. The first-order chi connectivity index (χ1) is 8.63. The van der Waals surface area contributed by atoms with Crippen LogP contribution in [0.1, 0.15) is 23.2 Å². The summed E-state index contributed by atoms with van der Waals surface area (Å²) in [5.41, 5.74) is 0.0604. The minimum absolute atomic E-state index is 0.0557. The molecule has 4 nitrogen and oxygen atoms in total. The van der Waals surface area contributed by atoms with E-state index in [-0.39, 0.29) is 11.3 Å². The molecule has 0 bridgehead atoms. The Hall–Kier alpha value is -1.91. The zero-order valence-corrected chi connectivity index (χ0v) is 10.1. The molecule has 1 aliphatic rings. The van der Waals surface area contributed by atoms with Gasteiger partial charge in [-0.2, -0.15) is 0 Å². The molecule has 1 heterocycles. The van der Waals surface area contributed by atoms with Crippen molar-refractivity contribution in [1.29, 1.82) is 0 Å². The molecule has 5 heteroatoms. The molecular formula is C13H14FNO3. The third-order valence-corrected chi connectivity index (χ3v) is 3.00. The molecule has 0 aliphatic carbocycles. The second kappa shape index (κ2) is 5.16. The second-order valence-electron chi connectivity index (χ2n) is 4.18. The van der Waals surface area contributed by atoms with Crippen molar-refractivity contribution in [3.63, 3.8) is 0 Å². The molecule has 0 atom stereocenters. The average molecular weight is 251 g/mol. The number of rotatable bonds is 3. The Kier molecular flexibility index (Phi) is 3.60. The molecule has 1 fully saturated rings. The Bertz CT molecular complexity index is 481. The lowest BCUT2D eigenvalue weighted by atomic mass is 10.1. The van der Waals surface area contributed by atoms with Crippen molar-refractivity contribution >= 4 is 11.7 Å². The Morgan fingerprint density at radius 1 is 1.28 bits per heavy atom. The van der Waals surface area contributed by atoms with Crippen molar-refractivity contribution in [3.8, 4) is 5.75 Å². The smallest absolute Gasteiger partial charge is 0.294 e. The highest BCUT2D eigenvalue weighted by atomic mass is 19.1. The molecule has 1 aliphatic heterocycles. The molecule has 0 N–H and O–H groups in total. The highest BCUT2D eigenvalue weighted by Gasteiger charge is 2.26. The Morgan fingerprint density at radius 3 is 2.50 bits per heavy atom. The number of Topliss-reactive ketones (excluding diaryl/α,β-unsaturated/α-hetero) is 1. The highest BCUT2D eigenvalue weighted by Crippen LogP contribution is 2.19. The van der Waals surface area contributed by atoms with Gasteiger partial charge in [0.2, 0.25) is 5.78 Å². The quantitative estimate of drug-likeness (QED) is 0.606. The Labute approximate surface area is 104 Å². The molecule has 1 aromatic rings. The van der Waals surface area contributed by atoms with Crippen LogP contribution < -0.4 is 4.74 Å². The van der Waals surface area contributed by atoms with E-state index in [0.717, 1.165) is 18.9 Å². The van der Waals surface area contributed by atoms with Crippen LogP contribution in [0.5, 0.6) is 5.75 Å². The van der Waals surface area contributed by atoms with Gasteiger partial charge in [0.1, 0.15) is 0 Å². The molecule has 0 saturated carbocycles. The number of nitrogens with zero attached hydrogens (tertiary/aromatic N) is 1. The monoisotopic (exact) mass is 251 g/mol.